The summed E-state index contributed by atoms with van der Waals surface area (Å²) in [6.45, 7) is 14.0. The van der Waals surface area contributed by atoms with E-state index in [4.69, 9.17) is 24.0 Å². The van der Waals surface area contributed by atoms with Crippen LogP contribution < -0.4 is 19.1 Å². The molecule has 47 heavy (non-hydrogen) atoms. The molecule has 0 radical (unpaired) electrons. The Morgan fingerprint density at radius 1 is 0.979 bits per heavy atom. The third-order valence-corrected chi connectivity index (χ3v) is 8.54. The Hall–Kier alpha value is -4.35. The molecule has 0 N–H and O–H groups in total. The summed E-state index contributed by atoms with van der Waals surface area (Å²) in [6.07, 6.45) is 1.73. The van der Waals surface area contributed by atoms with Crippen LogP contribution in [0.3, 0.4) is 0 Å². The van der Waals surface area contributed by atoms with Crippen molar-refractivity contribution in [1.82, 2.24) is 14.9 Å². The zero-order valence-electron chi connectivity index (χ0n) is 28.0. The van der Waals surface area contributed by atoms with E-state index in [9.17, 15) is 4.79 Å². The number of ether oxygens (including phenoxy) is 4. The molecule has 1 aliphatic heterocycles. The number of Topliss-reactive ketones (excluding diaryl/α,β-unsaturated/α-hetero) is 1. The van der Waals surface area contributed by atoms with Crippen LogP contribution in [-0.4, -0.2) is 79.3 Å². The number of morpholine rings is 1. The minimum absolute atomic E-state index is 0.0228. The van der Waals surface area contributed by atoms with Gasteiger partial charge in [0, 0.05) is 29.8 Å². The molecule has 11 heteroatoms. The number of ketones is 1. The van der Waals surface area contributed by atoms with Gasteiger partial charge in [0.25, 0.3) is 0 Å². The number of anilines is 1. The van der Waals surface area contributed by atoms with E-state index in [2.05, 4.69) is 35.9 Å². The van der Waals surface area contributed by atoms with Gasteiger partial charge in [0.05, 0.1) is 51.2 Å². The summed E-state index contributed by atoms with van der Waals surface area (Å²) in [5.41, 5.74) is 3.96. The fraction of sp³-hybridized carbons (Fsp3) is 0.389. The van der Waals surface area contributed by atoms with E-state index in [1.165, 1.54) is 11.8 Å². The number of benzene rings is 3. The quantitative estimate of drug-likeness (QED) is 0.0879. The second-order valence-electron chi connectivity index (χ2n) is 11.9. The number of hydrogen-bond acceptors (Lipinski definition) is 10. The fourth-order valence-electron chi connectivity index (χ4n) is 5.30. The van der Waals surface area contributed by atoms with Crippen LogP contribution in [0, 0.1) is 0 Å². The molecule has 0 aliphatic carbocycles. The summed E-state index contributed by atoms with van der Waals surface area (Å²) < 4.78 is 24.7. The van der Waals surface area contributed by atoms with Crippen molar-refractivity contribution in [3.05, 3.63) is 77.4 Å². The van der Waals surface area contributed by atoms with Gasteiger partial charge in [-0.15, -0.1) is 10.2 Å². The molecule has 3 aromatic carbocycles. The second kappa shape index (κ2) is 15.5. The fourth-order valence-corrected chi connectivity index (χ4v) is 6.08. The summed E-state index contributed by atoms with van der Waals surface area (Å²) in [5, 5.41) is 14.2. The number of hydrogen-bond donors (Lipinski definition) is 0. The first-order chi connectivity index (χ1) is 22.7. The zero-order chi connectivity index (χ0) is 33.4. The van der Waals surface area contributed by atoms with Crippen LogP contribution in [0.15, 0.2) is 70.9 Å². The Morgan fingerprint density at radius 2 is 1.70 bits per heavy atom. The first-order valence-corrected chi connectivity index (χ1v) is 16.9. The molecule has 5 rings (SSSR count). The van der Waals surface area contributed by atoms with Gasteiger partial charge in [-0.25, -0.2) is 0 Å². The maximum Gasteiger partial charge on any atom is 0.212 e. The van der Waals surface area contributed by atoms with Gasteiger partial charge in [-0.05, 0) is 55.2 Å². The predicted octanol–water partition coefficient (Wildman–Crippen LogP) is 6.74. The van der Waals surface area contributed by atoms with Crippen LogP contribution >= 0.6 is 11.8 Å². The average molecular weight is 658 g/mol. The molecule has 0 bridgehead atoms. The van der Waals surface area contributed by atoms with Crippen molar-refractivity contribution in [2.45, 2.75) is 45.2 Å². The number of rotatable bonds is 13. The minimum atomic E-state index is -0.238. The van der Waals surface area contributed by atoms with Crippen LogP contribution in [0.1, 0.15) is 56.1 Å². The van der Waals surface area contributed by atoms with Gasteiger partial charge < -0.3 is 23.8 Å². The van der Waals surface area contributed by atoms with Gasteiger partial charge in [-0.2, -0.15) is 9.78 Å². The summed E-state index contributed by atoms with van der Waals surface area (Å²) in [5.74, 6) is 2.83. The predicted molar refractivity (Wildman–Crippen MR) is 187 cm³/mol. The number of thioether (sulfide) groups is 1. The number of nitrogens with zero attached hydrogens (tertiary/aromatic N) is 5. The lowest BCUT2D eigenvalue weighted by Crippen LogP contribution is -2.37. The molecule has 1 aromatic heterocycles. The Bertz CT molecular complexity index is 1690. The Morgan fingerprint density at radius 3 is 2.38 bits per heavy atom. The van der Waals surface area contributed by atoms with Crippen LogP contribution in [0.25, 0.3) is 11.4 Å². The highest BCUT2D eigenvalue weighted by molar-refractivity contribution is 7.99. The van der Waals surface area contributed by atoms with Crippen molar-refractivity contribution in [3.63, 3.8) is 0 Å². The van der Waals surface area contributed by atoms with Crippen molar-refractivity contribution in [2.24, 2.45) is 5.10 Å². The smallest absolute Gasteiger partial charge is 0.212 e. The molecule has 4 aromatic rings. The maximum absolute atomic E-state index is 13.9. The highest BCUT2D eigenvalue weighted by Gasteiger charge is 2.27. The molecule has 0 spiro atoms. The number of carbonyl (C=O) groups is 1. The molecular formula is C36H43N5O5S. The van der Waals surface area contributed by atoms with E-state index in [0.717, 1.165) is 41.2 Å². The lowest BCUT2D eigenvalue weighted by Gasteiger charge is -2.33. The van der Waals surface area contributed by atoms with Gasteiger partial charge in [0.15, 0.2) is 23.1 Å². The number of methoxy groups -OCH3 is 1. The monoisotopic (exact) mass is 657 g/mol. The summed E-state index contributed by atoms with van der Waals surface area (Å²) in [7, 11) is 1.69. The molecule has 2 heterocycles. The molecule has 248 valence electrons. The third kappa shape index (κ3) is 8.15. The van der Waals surface area contributed by atoms with Gasteiger partial charge in [0.1, 0.15) is 5.75 Å². The first kappa shape index (κ1) is 34.0. The molecule has 0 amide bonds. The van der Waals surface area contributed by atoms with Gasteiger partial charge in [-0.1, -0.05) is 62.9 Å². The van der Waals surface area contributed by atoms with Crippen molar-refractivity contribution in [2.75, 3.05) is 57.3 Å². The van der Waals surface area contributed by atoms with Crippen molar-refractivity contribution >= 4 is 29.4 Å². The molecule has 10 nitrogen and oxygen atoms in total. The Balaban J connectivity index is 1.46. The lowest BCUT2D eigenvalue weighted by molar-refractivity contribution is 0.102. The van der Waals surface area contributed by atoms with E-state index < -0.39 is 0 Å². The highest BCUT2D eigenvalue weighted by Crippen LogP contribution is 2.41. The van der Waals surface area contributed by atoms with E-state index in [-0.39, 0.29) is 17.0 Å². The summed E-state index contributed by atoms with van der Waals surface area (Å²) in [6, 6.07) is 19.3. The topological polar surface area (TPSA) is 100 Å². The Labute approximate surface area is 281 Å². The second-order valence-corrected chi connectivity index (χ2v) is 12.9. The molecule has 1 fully saturated rings. The lowest BCUT2D eigenvalue weighted by atomic mass is 9.84. The van der Waals surface area contributed by atoms with Crippen LogP contribution in [0.4, 0.5) is 5.69 Å². The standard InChI is InChI=1S/C36H43N5O5S/c1-7-45-31-15-14-25(20-32(31)46-8-2)23-37-41-34(26-12-10-9-11-13-26)38-39-35(41)47-24-30(42)27-21-28(36(3,4)5)33(43-6)29(22-27)40-16-18-44-19-17-40/h9-15,20-23H,7-8,16-19,24H2,1-6H3/b37-23+. The van der Waals surface area contributed by atoms with Crippen LogP contribution in [-0.2, 0) is 10.2 Å². The largest absolute Gasteiger partial charge is 0.494 e. The normalized spacial score (nSPS) is 13.6. The first-order valence-electron chi connectivity index (χ1n) is 15.9. The van der Waals surface area contributed by atoms with Crippen LogP contribution in [0.2, 0.25) is 0 Å². The van der Waals surface area contributed by atoms with E-state index in [1.54, 1.807) is 18.0 Å². The number of aromatic nitrogens is 3. The van der Waals surface area contributed by atoms with E-state index >= 15 is 0 Å². The van der Waals surface area contributed by atoms with Crippen LogP contribution in [0.5, 0.6) is 17.2 Å². The molecule has 0 unspecified atom stereocenters. The van der Waals surface area contributed by atoms with Gasteiger partial charge >= 0.3 is 0 Å². The molecule has 1 saturated heterocycles. The number of carbonyl (C=O) groups excluding carboxylic acids is 1. The summed E-state index contributed by atoms with van der Waals surface area (Å²) in [4.78, 5) is 16.1. The zero-order valence-corrected chi connectivity index (χ0v) is 28.8. The Kier molecular flexibility index (Phi) is 11.2. The highest BCUT2D eigenvalue weighted by atomic mass is 32.2. The molecule has 0 atom stereocenters. The van der Waals surface area contributed by atoms with Crippen molar-refractivity contribution in [1.29, 1.82) is 0 Å². The van der Waals surface area contributed by atoms with E-state index in [1.807, 2.05) is 74.5 Å². The summed E-state index contributed by atoms with van der Waals surface area (Å²) >= 11 is 1.30. The molecule has 0 saturated carbocycles. The van der Waals surface area contributed by atoms with E-state index in [0.29, 0.717) is 54.5 Å². The third-order valence-electron chi connectivity index (χ3n) is 7.62. The van der Waals surface area contributed by atoms with Gasteiger partial charge in [0.2, 0.25) is 5.16 Å². The molecular weight excluding hydrogens is 614 g/mol. The minimum Gasteiger partial charge on any atom is -0.494 e. The molecule has 1 aliphatic rings. The SMILES string of the molecule is CCOc1ccc(/C=N/n2c(SCC(=O)c3cc(N4CCOCC4)c(OC)c(C(C)(C)C)c3)nnc2-c2ccccc2)cc1OCC. The maximum atomic E-state index is 13.9. The van der Waals surface area contributed by atoms with Gasteiger partial charge in [-0.3, -0.25) is 4.79 Å². The van der Waals surface area contributed by atoms with Crippen molar-refractivity contribution < 1.29 is 23.7 Å². The van der Waals surface area contributed by atoms with Crippen molar-refractivity contribution in [3.8, 4) is 28.6 Å². The average Bonchev–Trinajstić information content (AvgIpc) is 3.49.